The molecule has 0 spiro atoms. The molecule has 1 aliphatic carbocycles. The van der Waals surface area contributed by atoms with Gasteiger partial charge in [-0.15, -0.1) is 0 Å². The summed E-state index contributed by atoms with van der Waals surface area (Å²) in [6.07, 6.45) is 10.1. The molecule has 0 aromatic carbocycles. The summed E-state index contributed by atoms with van der Waals surface area (Å²) in [4.78, 5) is 0.800. The summed E-state index contributed by atoms with van der Waals surface area (Å²) in [6.45, 7) is 1.01. The average Bonchev–Trinajstić information content (AvgIpc) is 2.72. The number of alkyl halides is 1. The van der Waals surface area contributed by atoms with Crippen LogP contribution in [0.25, 0.3) is 0 Å². The van der Waals surface area contributed by atoms with Crippen molar-refractivity contribution < 1.29 is 4.74 Å². The van der Waals surface area contributed by atoms with Crippen LogP contribution in [0.3, 0.4) is 0 Å². The van der Waals surface area contributed by atoms with Crippen LogP contribution in [0.4, 0.5) is 0 Å². The molecule has 2 fully saturated rings. The third-order valence-corrected chi connectivity index (χ3v) is 4.66. The van der Waals surface area contributed by atoms with Gasteiger partial charge in [-0.1, -0.05) is 22.4 Å². The van der Waals surface area contributed by atoms with Crippen LogP contribution in [-0.2, 0) is 4.74 Å². The first-order chi connectivity index (χ1) is 6.36. The Labute approximate surface area is 89.4 Å². The van der Waals surface area contributed by atoms with Gasteiger partial charge in [0.15, 0.2) is 0 Å². The lowest BCUT2D eigenvalue weighted by atomic mass is 9.98. The molecule has 2 aliphatic rings. The lowest BCUT2D eigenvalue weighted by Crippen LogP contribution is -2.11. The van der Waals surface area contributed by atoms with Crippen molar-refractivity contribution in [3.05, 3.63) is 0 Å². The predicted molar refractivity (Wildman–Crippen MR) is 58.3 cm³/mol. The first kappa shape index (κ1) is 9.97. The molecule has 0 N–H and O–H groups in total. The van der Waals surface area contributed by atoms with Gasteiger partial charge in [-0.25, -0.2) is 0 Å². The molecule has 0 amide bonds. The summed E-state index contributed by atoms with van der Waals surface area (Å²) in [5.74, 6) is 0.934. The van der Waals surface area contributed by atoms with Crippen molar-refractivity contribution in [2.24, 2.45) is 5.92 Å². The lowest BCUT2D eigenvalue weighted by Gasteiger charge is -2.16. The molecule has 13 heavy (non-hydrogen) atoms. The van der Waals surface area contributed by atoms with Crippen LogP contribution in [0, 0.1) is 5.92 Å². The lowest BCUT2D eigenvalue weighted by molar-refractivity contribution is 0.0985. The zero-order valence-corrected chi connectivity index (χ0v) is 9.76. The van der Waals surface area contributed by atoms with Crippen molar-refractivity contribution in [2.75, 3.05) is 6.61 Å². The van der Waals surface area contributed by atoms with Crippen LogP contribution in [-0.4, -0.2) is 17.5 Å². The molecule has 0 bridgehead atoms. The van der Waals surface area contributed by atoms with Gasteiger partial charge in [-0.2, -0.15) is 0 Å². The number of rotatable bonds is 3. The fourth-order valence-corrected chi connectivity index (χ4v) is 3.44. The average molecular weight is 247 g/mol. The quantitative estimate of drug-likeness (QED) is 0.693. The topological polar surface area (TPSA) is 9.23 Å². The zero-order chi connectivity index (χ0) is 9.10. The van der Waals surface area contributed by atoms with E-state index in [1.807, 2.05) is 0 Å². The Kier molecular flexibility index (Phi) is 3.67. The molecule has 3 atom stereocenters. The monoisotopic (exact) mass is 246 g/mol. The van der Waals surface area contributed by atoms with Gasteiger partial charge < -0.3 is 4.74 Å². The van der Waals surface area contributed by atoms with E-state index in [4.69, 9.17) is 4.74 Å². The Morgan fingerprint density at radius 1 is 1.08 bits per heavy atom. The van der Waals surface area contributed by atoms with Gasteiger partial charge in [-0.3, -0.25) is 0 Å². The fourth-order valence-electron chi connectivity index (χ4n) is 2.59. The van der Waals surface area contributed by atoms with Crippen LogP contribution in [0.2, 0.25) is 0 Å². The Bertz CT molecular complexity index is 154. The normalized spacial score (nSPS) is 39.9. The molecular weight excluding hydrogens is 228 g/mol. The maximum Gasteiger partial charge on any atom is 0.0576 e. The number of halogens is 1. The van der Waals surface area contributed by atoms with Gasteiger partial charge in [0.05, 0.1) is 6.10 Å². The Hall–Kier alpha value is 0.440. The fraction of sp³-hybridized carbons (Fsp3) is 1.00. The van der Waals surface area contributed by atoms with E-state index in [9.17, 15) is 0 Å². The minimum absolute atomic E-state index is 0.597. The van der Waals surface area contributed by atoms with E-state index in [0.29, 0.717) is 6.10 Å². The maximum absolute atomic E-state index is 5.63. The van der Waals surface area contributed by atoms with E-state index in [-0.39, 0.29) is 0 Å². The van der Waals surface area contributed by atoms with Crippen molar-refractivity contribution in [2.45, 2.75) is 55.9 Å². The van der Waals surface area contributed by atoms with Gasteiger partial charge in [0.1, 0.15) is 0 Å². The largest absolute Gasteiger partial charge is 0.378 e. The van der Waals surface area contributed by atoms with E-state index in [2.05, 4.69) is 15.9 Å². The molecular formula is C11H19BrO. The van der Waals surface area contributed by atoms with Crippen molar-refractivity contribution >= 4 is 15.9 Å². The van der Waals surface area contributed by atoms with Crippen molar-refractivity contribution in [1.82, 2.24) is 0 Å². The van der Waals surface area contributed by atoms with Crippen LogP contribution < -0.4 is 0 Å². The highest BCUT2D eigenvalue weighted by molar-refractivity contribution is 9.09. The van der Waals surface area contributed by atoms with Gasteiger partial charge in [0.25, 0.3) is 0 Å². The molecule has 76 valence electrons. The third-order valence-electron chi connectivity index (χ3n) is 3.45. The van der Waals surface area contributed by atoms with Crippen LogP contribution in [0.15, 0.2) is 0 Å². The summed E-state index contributed by atoms with van der Waals surface area (Å²) in [6, 6.07) is 0. The molecule has 0 radical (unpaired) electrons. The van der Waals surface area contributed by atoms with Crippen molar-refractivity contribution in [3.63, 3.8) is 0 Å². The summed E-state index contributed by atoms with van der Waals surface area (Å²) in [5.41, 5.74) is 0. The van der Waals surface area contributed by atoms with E-state index in [1.165, 1.54) is 44.9 Å². The van der Waals surface area contributed by atoms with E-state index in [0.717, 1.165) is 17.4 Å². The number of hydrogen-bond acceptors (Lipinski definition) is 1. The number of ether oxygens (including phenoxy) is 1. The molecule has 1 saturated heterocycles. The molecule has 2 rings (SSSR count). The van der Waals surface area contributed by atoms with Crippen LogP contribution in [0.5, 0.6) is 0 Å². The first-order valence-corrected chi connectivity index (χ1v) is 6.53. The summed E-state index contributed by atoms with van der Waals surface area (Å²) in [5, 5.41) is 0. The standard InChI is InChI=1S/C11H19BrO/c12-11-5-1-3-9(11)6-7-10-4-2-8-13-10/h9-11H,1-8H2. The minimum Gasteiger partial charge on any atom is -0.378 e. The Morgan fingerprint density at radius 3 is 2.62 bits per heavy atom. The highest BCUT2D eigenvalue weighted by Crippen LogP contribution is 2.35. The van der Waals surface area contributed by atoms with Gasteiger partial charge in [0.2, 0.25) is 0 Å². The zero-order valence-electron chi connectivity index (χ0n) is 8.18. The van der Waals surface area contributed by atoms with Crippen LogP contribution in [0.1, 0.15) is 44.9 Å². The molecule has 1 nitrogen and oxygen atoms in total. The highest BCUT2D eigenvalue weighted by atomic mass is 79.9. The second-order valence-electron chi connectivity index (χ2n) is 4.42. The minimum atomic E-state index is 0.597. The molecule has 1 aliphatic heterocycles. The molecule has 3 unspecified atom stereocenters. The van der Waals surface area contributed by atoms with Gasteiger partial charge in [0, 0.05) is 11.4 Å². The van der Waals surface area contributed by atoms with Gasteiger partial charge in [-0.05, 0) is 44.4 Å². The molecule has 1 heterocycles. The first-order valence-electron chi connectivity index (χ1n) is 5.62. The smallest absolute Gasteiger partial charge is 0.0576 e. The molecule has 1 saturated carbocycles. The summed E-state index contributed by atoms with van der Waals surface area (Å²) >= 11 is 3.77. The summed E-state index contributed by atoms with van der Waals surface area (Å²) in [7, 11) is 0. The molecule has 2 heteroatoms. The Morgan fingerprint density at radius 2 is 2.00 bits per heavy atom. The van der Waals surface area contributed by atoms with E-state index < -0.39 is 0 Å². The van der Waals surface area contributed by atoms with E-state index >= 15 is 0 Å². The molecule has 0 aromatic heterocycles. The van der Waals surface area contributed by atoms with E-state index in [1.54, 1.807) is 0 Å². The second kappa shape index (κ2) is 4.79. The predicted octanol–water partition coefficient (Wildman–Crippen LogP) is 3.51. The summed E-state index contributed by atoms with van der Waals surface area (Å²) < 4.78 is 5.63. The highest BCUT2D eigenvalue weighted by Gasteiger charge is 2.26. The molecule has 0 aromatic rings. The SMILES string of the molecule is BrC1CCCC1CCC1CCCO1. The maximum atomic E-state index is 5.63. The van der Waals surface area contributed by atoms with Crippen molar-refractivity contribution in [3.8, 4) is 0 Å². The van der Waals surface area contributed by atoms with Crippen LogP contribution >= 0.6 is 15.9 Å². The van der Waals surface area contributed by atoms with Gasteiger partial charge >= 0.3 is 0 Å². The Balaban J connectivity index is 1.66. The number of hydrogen-bond donors (Lipinski definition) is 0. The third kappa shape index (κ3) is 2.69. The van der Waals surface area contributed by atoms with Crippen molar-refractivity contribution in [1.29, 1.82) is 0 Å². The second-order valence-corrected chi connectivity index (χ2v) is 5.60.